The highest BCUT2D eigenvalue weighted by Gasteiger charge is 2.28. The van der Waals surface area contributed by atoms with Crippen molar-refractivity contribution < 1.29 is 9.13 Å². The van der Waals surface area contributed by atoms with E-state index in [1.54, 1.807) is 12.1 Å². The molecule has 2 saturated heterocycles. The summed E-state index contributed by atoms with van der Waals surface area (Å²) in [5.41, 5.74) is 2.87. The SMILES string of the molecule is Cc1cccnc1N1CCN(c2cc(-c3ccc(F)cc3)nc(N3CCOCC3)n2)[C@H](C)C1. The van der Waals surface area contributed by atoms with Crippen LogP contribution >= 0.6 is 0 Å². The van der Waals surface area contributed by atoms with Gasteiger partial charge in [0.15, 0.2) is 0 Å². The molecule has 0 amide bonds. The summed E-state index contributed by atoms with van der Waals surface area (Å²) < 4.78 is 19.0. The average molecular weight is 449 g/mol. The number of aromatic nitrogens is 3. The number of aryl methyl sites for hydroxylation is 1. The molecule has 2 fully saturated rings. The van der Waals surface area contributed by atoms with Crippen molar-refractivity contribution >= 4 is 17.6 Å². The Hall–Kier alpha value is -3.26. The zero-order valence-electron chi connectivity index (χ0n) is 19.1. The van der Waals surface area contributed by atoms with Gasteiger partial charge in [-0.05, 0) is 49.7 Å². The number of rotatable bonds is 4. The van der Waals surface area contributed by atoms with Crippen LogP contribution in [0.1, 0.15) is 12.5 Å². The van der Waals surface area contributed by atoms with Crippen LogP contribution in [-0.2, 0) is 4.74 Å². The van der Waals surface area contributed by atoms with Gasteiger partial charge in [-0.15, -0.1) is 0 Å². The molecule has 0 bridgehead atoms. The number of nitrogens with zero attached hydrogens (tertiary/aromatic N) is 6. The zero-order valence-corrected chi connectivity index (χ0v) is 19.1. The Bertz CT molecular complexity index is 1100. The van der Waals surface area contributed by atoms with Gasteiger partial charge in [-0.1, -0.05) is 6.07 Å². The van der Waals surface area contributed by atoms with E-state index in [9.17, 15) is 4.39 Å². The van der Waals surface area contributed by atoms with E-state index in [-0.39, 0.29) is 11.9 Å². The second-order valence-electron chi connectivity index (χ2n) is 8.65. The first-order valence-corrected chi connectivity index (χ1v) is 11.5. The minimum absolute atomic E-state index is 0.244. The molecule has 4 heterocycles. The molecule has 5 rings (SSSR count). The van der Waals surface area contributed by atoms with E-state index in [4.69, 9.17) is 14.7 Å². The van der Waals surface area contributed by atoms with Gasteiger partial charge >= 0.3 is 0 Å². The van der Waals surface area contributed by atoms with Crippen LogP contribution in [0.15, 0.2) is 48.7 Å². The Morgan fingerprint density at radius 3 is 2.48 bits per heavy atom. The van der Waals surface area contributed by atoms with E-state index in [0.717, 1.165) is 55.6 Å². The Balaban J connectivity index is 1.46. The number of anilines is 3. The van der Waals surface area contributed by atoms with Crippen LogP contribution in [0.2, 0.25) is 0 Å². The zero-order chi connectivity index (χ0) is 22.8. The smallest absolute Gasteiger partial charge is 0.228 e. The molecule has 3 aromatic rings. The van der Waals surface area contributed by atoms with Crippen molar-refractivity contribution in [2.75, 3.05) is 60.6 Å². The van der Waals surface area contributed by atoms with Crippen molar-refractivity contribution in [3.8, 4) is 11.3 Å². The highest BCUT2D eigenvalue weighted by atomic mass is 19.1. The highest BCUT2D eigenvalue weighted by molar-refractivity contribution is 5.65. The minimum atomic E-state index is -0.254. The maximum atomic E-state index is 13.5. The van der Waals surface area contributed by atoms with E-state index in [0.29, 0.717) is 19.2 Å². The summed E-state index contributed by atoms with van der Waals surface area (Å²) in [5.74, 6) is 2.39. The summed E-state index contributed by atoms with van der Waals surface area (Å²) in [6, 6.07) is 12.8. The van der Waals surface area contributed by atoms with E-state index in [1.807, 2.05) is 18.3 Å². The normalized spacial score (nSPS) is 19.1. The van der Waals surface area contributed by atoms with E-state index in [2.05, 4.69) is 39.6 Å². The Morgan fingerprint density at radius 2 is 1.76 bits per heavy atom. The van der Waals surface area contributed by atoms with Gasteiger partial charge < -0.3 is 19.4 Å². The summed E-state index contributed by atoms with van der Waals surface area (Å²) in [6.07, 6.45) is 1.85. The van der Waals surface area contributed by atoms with Gasteiger partial charge in [0.2, 0.25) is 5.95 Å². The van der Waals surface area contributed by atoms with Crippen molar-refractivity contribution in [2.45, 2.75) is 19.9 Å². The summed E-state index contributed by atoms with van der Waals surface area (Å²) in [4.78, 5) is 21.3. The molecule has 172 valence electrons. The average Bonchev–Trinajstić information content (AvgIpc) is 2.85. The first kappa shape index (κ1) is 21.6. The molecule has 0 spiro atoms. The summed E-state index contributed by atoms with van der Waals surface area (Å²) >= 11 is 0. The Labute approximate surface area is 193 Å². The summed E-state index contributed by atoms with van der Waals surface area (Å²) in [6.45, 7) is 9.73. The number of benzene rings is 1. The molecule has 0 radical (unpaired) electrons. The molecule has 8 heteroatoms. The fourth-order valence-corrected chi connectivity index (χ4v) is 4.54. The van der Waals surface area contributed by atoms with Gasteiger partial charge in [0, 0.05) is 56.6 Å². The number of ether oxygens (including phenoxy) is 1. The molecule has 0 saturated carbocycles. The largest absolute Gasteiger partial charge is 0.378 e. The van der Waals surface area contributed by atoms with Crippen LogP contribution in [0, 0.1) is 12.7 Å². The standard InChI is InChI=1S/C25H29FN6O/c1-18-4-3-9-27-24(18)31-10-11-32(19(2)17-31)23-16-22(20-5-7-21(26)8-6-20)28-25(29-23)30-12-14-33-15-13-30/h3-9,16,19H,10-15,17H2,1-2H3/t19-/m1/s1. The van der Waals surface area contributed by atoms with Gasteiger partial charge in [0.05, 0.1) is 18.9 Å². The van der Waals surface area contributed by atoms with Crippen LogP contribution in [0.25, 0.3) is 11.3 Å². The van der Waals surface area contributed by atoms with Gasteiger partial charge in [-0.3, -0.25) is 0 Å². The van der Waals surface area contributed by atoms with Crippen LogP contribution in [0.3, 0.4) is 0 Å². The molecular formula is C25H29FN6O. The third-order valence-electron chi connectivity index (χ3n) is 6.34. The third kappa shape index (κ3) is 4.61. The fraction of sp³-hybridized carbons (Fsp3) is 0.400. The van der Waals surface area contributed by atoms with Gasteiger partial charge in [-0.2, -0.15) is 4.98 Å². The number of hydrogen-bond acceptors (Lipinski definition) is 7. The fourth-order valence-electron chi connectivity index (χ4n) is 4.54. The van der Waals surface area contributed by atoms with Crippen molar-refractivity contribution in [3.63, 3.8) is 0 Å². The monoisotopic (exact) mass is 448 g/mol. The van der Waals surface area contributed by atoms with Gasteiger partial charge in [0.1, 0.15) is 17.5 Å². The Kier molecular flexibility index (Phi) is 6.09. The summed E-state index contributed by atoms with van der Waals surface area (Å²) in [7, 11) is 0. The van der Waals surface area contributed by atoms with Crippen molar-refractivity contribution in [1.29, 1.82) is 0 Å². The van der Waals surface area contributed by atoms with Crippen LogP contribution in [0.4, 0.5) is 22.0 Å². The molecule has 2 aliphatic heterocycles. The Morgan fingerprint density at radius 1 is 0.970 bits per heavy atom. The first-order valence-electron chi connectivity index (χ1n) is 11.5. The lowest BCUT2D eigenvalue weighted by Crippen LogP contribution is -2.53. The molecule has 2 aromatic heterocycles. The minimum Gasteiger partial charge on any atom is -0.378 e. The van der Waals surface area contributed by atoms with E-state index < -0.39 is 0 Å². The third-order valence-corrected chi connectivity index (χ3v) is 6.34. The van der Waals surface area contributed by atoms with E-state index in [1.165, 1.54) is 17.7 Å². The maximum Gasteiger partial charge on any atom is 0.228 e. The van der Waals surface area contributed by atoms with Gasteiger partial charge in [0.25, 0.3) is 0 Å². The molecule has 0 unspecified atom stereocenters. The number of piperazine rings is 1. The molecule has 1 atom stereocenters. The molecule has 33 heavy (non-hydrogen) atoms. The van der Waals surface area contributed by atoms with Gasteiger partial charge in [-0.25, -0.2) is 14.4 Å². The molecule has 1 aromatic carbocycles. The quantitative estimate of drug-likeness (QED) is 0.605. The van der Waals surface area contributed by atoms with Crippen LogP contribution in [0.5, 0.6) is 0 Å². The lowest BCUT2D eigenvalue weighted by Gasteiger charge is -2.41. The second-order valence-corrected chi connectivity index (χ2v) is 8.65. The number of halogens is 1. The topological polar surface area (TPSA) is 57.6 Å². The number of morpholine rings is 1. The van der Waals surface area contributed by atoms with Crippen molar-refractivity contribution in [2.24, 2.45) is 0 Å². The number of pyridine rings is 1. The highest BCUT2D eigenvalue weighted by Crippen LogP contribution is 2.29. The van der Waals surface area contributed by atoms with E-state index >= 15 is 0 Å². The molecule has 0 N–H and O–H groups in total. The molecule has 0 aliphatic carbocycles. The van der Waals surface area contributed by atoms with Crippen LogP contribution in [-0.4, -0.2) is 66.9 Å². The second kappa shape index (κ2) is 9.31. The predicted octanol–water partition coefficient (Wildman–Crippen LogP) is 3.54. The first-order chi connectivity index (χ1) is 16.1. The molecular weight excluding hydrogens is 419 g/mol. The number of hydrogen-bond donors (Lipinski definition) is 0. The predicted molar refractivity (Wildman–Crippen MR) is 128 cm³/mol. The van der Waals surface area contributed by atoms with Crippen LogP contribution < -0.4 is 14.7 Å². The summed E-state index contributed by atoms with van der Waals surface area (Å²) in [5, 5.41) is 0. The lowest BCUT2D eigenvalue weighted by molar-refractivity contribution is 0.122. The van der Waals surface area contributed by atoms with Crippen molar-refractivity contribution in [3.05, 3.63) is 60.0 Å². The maximum absolute atomic E-state index is 13.5. The lowest BCUT2D eigenvalue weighted by atomic mass is 10.1. The molecule has 2 aliphatic rings. The molecule has 7 nitrogen and oxygen atoms in total. The van der Waals surface area contributed by atoms with Crippen molar-refractivity contribution in [1.82, 2.24) is 15.0 Å².